The molecule has 1 fully saturated rings. The summed E-state index contributed by atoms with van der Waals surface area (Å²) < 4.78 is 9.49. The van der Waals surface area contributed by atoms with E-state index in [-0.39, 0.29) is 6.10 Å². The smallest absolute Gasteiger partial charge is 0.438 e. The van der Waals surface area contributed by atoms with Crippen LogP contribution >= 0.6 is 0 Å². The van der Waals surface area contributed by atoms with E-state index in [1.807, 2.05) is 0 Å². The number of ether oxygens (including phenoxy) is 2. The van der Waals surface area contributed by atoms with E-state index in [1.165, 1.54) is 20.0 Å². The topological polar surface area (TPSA) is 35.5 Å². The summed E-state index contributed by atoms with van der Waals surface area (Å²) in [7, 11) is 1.32. The zero-order valence-electron chi connectivity index (χ0n) is 7.99. The van der Waals surface area contributed by atoms with E-state index in [4.69, 9.17) is 4.74 Å². The fourth-order valence-electron chi connectivity index (χ4n) is 1.78. The van der Waals surface area contributed by atoms with Crippen molar-refractivity contribution >= 4 is 6.16 Å². The first-order chi connectivity index (χ1) is 6.27. The molecule has 1 aliphatic rings. The first-order valence-corrected chi connectivity index (χ1v) is 4.65. The zero-order valence-corrected chi connectivity index (χ0v) is 7.99. The van der Waals surface area contributed by atoms with Gasteiger partial charge in [-0.25, -0.2) is 4.79 Å². The molecule has 0 aromatic carbocycles. The molecule has 3 heteroatoms. The van der Waals surface area contributed by atoms with Crippen LogP contribution in [0.5, 0.6) is 0 Å². The second kappa shape index (κ2) is 4.90. The Bertz CT molecular complexity index is 183. The van der Waals surface area contributed by atoms with Gasteiger partial charge in [0.2, 0.25) is 0 Å². The van der Waals surface area contributed by atoms with Crippen LogP contribution in [-0.2, 0) is 9.47 Å². The molecule has 0 bridgehead atoms. The molecule has 1 aliphatic carbocycles. The number of methoxy groups -OCH3 is 1. The maximum absolute atomic E-state index is 10.8. The van der Waals surface area contributed by atoms with Crippen molar-refractivity contribution in [1.82, 2.24) is 0 Å². The van der Waals surface area contributed by atoms with E-state index in [1.54, 1.807) is 6.08 Å². The van der Waals surface area contributed by atoms with Gasteiger partial charge in [-0.2, -0.15) is 0 Å². The van der Waals surface area contributed by atoms with E-state index in [0.717, 1.165) is 12.8 Å². The highest BCUT2D eigenvalue weighted by atomic mass is 16.7. The van der Waals surface area contributed by atoms with Crippen LogP contribution in [0, 0.1) is 5.92 Å². The molecule has 0 radical (unpaired) electrons. The van der Waals surface area contributed by atoms with Crippen molar-refractivity contribution in [1.29, 1.82) is 0 Å². The lowest BCUT2D eigenvalue weighted by atomic mass is 10.0. The fraction of sp³-hybridized carbons (Fsp3) is 0.700. The van der Waals surface area contributed by atoms with Crippen LogP contribution in [0.4, 0.5) is 4.79 Å². The normalized spacial score (nSPS) is 19.5. The number of hydrogen-bond acceptors (Lipinski definition) is 3. The molecule has 0 aromatic heterocycles. The number of carbonyl (C=O) groups excluding carboxylic acids is 1. The molecule has 0 heterocycles. The molecule has 3 nitrogen and oxygen atoms in total. The molecule has 1 saturated carbocycles. The molecular formula is C10H16O3. The standard InChI is InChI=1S/C10H16O3/c1-3-9(13-10(11)12-2)8-6-4-5-7-8/h3,8-9H,1,4-7H2,2H3. The summed E-state index contributed by atoms with van der Waals surface area (Å²) in [6.07, 6.45) is 5.58. The van der Waals surface area contributed by atoms with E-state index in [9.17, 15) is 4.79 Å². The number of carbonyl (C=O) groups is 1. The average molecular weight is 184 g/mol. The highest BCUT2D eigenvalue weighted by molar-refractivity contribution is 5.60. The Kier molecular flexibility index (Phi) is 3.80. The Morgan fingerprint density at radius 3 is 2.62 bits per heavy atom. The van der Waals surface area contributed by atoms with Gasteiger partial charge in [0.1, 0.15) is 6.10 Å². The van der Waals surface area contributed by atoms with Crippen molar-refractivity contribution in [3.63, 3.8) is 0 Å². The summed E-state index contributed by atoms with van der Waals surface area (Å²) in [5, 5.41) is 0. The number of rotatable bonds is 3. The third-order valence-electron chi connectivity index (χ3n) is 2.50. The summed E-state index contributed by atoms with van der Waals surface area (Å²) in [5.41, 5.74) is 0. The maximum Gasteiger partial charge on any atom is 0.508 e. The van der Waals surface area contributed by atoms with Gasteiger partial charge in [-0.1, -0.05) is 25.5 Å². The van der Waals surface area contributed by atoms with Gasteiger partial charge in [-0.05, 0) is 18.8 Å². The lowest BCUT2D eigenvalue weighted by molar-refractivity contribution is 0.0336. The molecule has 0 aliphatic heterocycles. The Balaban J connectivity index is 2.41. The third kappa shape index (κ3) is 2.76. The van der Waals surface area contributed by atoms with Gasteiger partial charge < -0.3 is 9.47 Å². The van der Waals surface area contributed by atoms with Gasteiger partial charge in [-0.3, -0.25) is 0 Å². The molecule has 74 valence electrons. The molecule has 1 atom stereocenters. The van der Waals surface area contributed by atoms with Crippen LogP contribution in [0.3, 0.4) is 0 Å². The van der Waals surface area contributed by atoms with E-state index in [0.29, 0.717) is 5.92 Å². The van der Waals surface area contributed by atoms with Gasteiger partial charge in [0.15, 0.2) is 0 Å². The van der Waals surface area contributed by atoms with Crippen LogP contribution in [0.2, 0.25) is 0 Å². The summed E-state index contributed by atoms with van der Waals surface area (Å²) in [6, 6.07) is 0. The quantitative estimate of drug-likeness (QED) is 0.499. The predicted octanol–water partition coefficient (Wildman–Crippen LogP) is 2.51. The van der Waals surface area contributed by atoms with Gasteiger partial charge >= 0.3 is 6.16 Å². The largest absolute Gasteiger partial charge is 0.508 e. The molecule has 1 rings (SSSR count). The van der Waals surface area contributed by atoms with Gasteiger partial charge in [0.25, 0.3) is 0 Å². The molecule has 13 heavy (non-hydrogen) atoms. The second-order valence-electron chi connectivity index (χ2n) is 3.32. The highest BCUT2D eigenvalue weighted by Gasteiger charge is 2.25. The SMILES string of the molecule is C=CC(OC(=O)OC)C1CCCC1. The van der Waals surface area contributed by atoms with Crippen molar-refractivity contribution in [2.24, 2.45) is 5.92 Å². The third-order valence-corrected chi connectivity index (χ3v) is 2.50. The lowest BCUT2D eigenvalue weighted by Crippen LogP contribution is -2.23. The maximum atomic E-state index is 10.8. The van der Waals surface area contributed by atoms with Gasteiger partial charge in [0, 0.05) is 0 Å². The van der Waals surface area contributed by atoms with Gasteiger partial charge in [-0.15, -0.1) is 0 Å². The fourth-order valence-corrected chi connectivity index (χ4v) is 1.78. The van der Waals surface area contributed by atoms with Crippen molar-refractivity contribution in [2.75, 3.05) is 7.11 Å². The summed E-state index contributed by atoms with van der Waals surface area (Å²) in [4.78, 5) is 10.8. The Morgan fingerprint density at radius 1 is 1.54 bits per heavy atom. The Labute approximate surface area is 78.7 Å². The lowest BCUT2D eigenvalue weighted by Gasteiger charge is -2.18. The molecule has 0 spiro atoms. The summed E-state index contributed by atoms with van der Waals surface area (Å²) >= 11 is 0. The van der Waals surface area contributed by atoms with Crippen LogP contribution in [0.1, 0.15) is 25.7 Å². The highest BCUT2D eigenvalue weighted by Crippen LogP contribution is 2.29. The molecule has 1 unspecified atom stereocenters. The van der Waals surface area contributed by atoms with Crippen molar-refractivity contribution < 1.29 is 14.3 Å². The predicted molar refractivity (Wildman–Crippen MR) is 49.4 cm³/mol. The minimum atomic E-state index is -0.614. The van der Waals surface area contributed by atoms with Crippen molar-refractivity contribution in [3.8, 4) is 0 Å². The molecule has 0 amide bonds. The monoisotopic (exact) mass is 184 g/mol. The van der Waals surface area contributed by atoms with Crippen LogP contribution < -0.4 is 0 Å². The number of hydrogen-bond donors (Lipinski definition) is 0. The minimum absolute atomic E-state index is 0.171. The van der Waals surface area contributed by atoms with Crippen LogP contribution in [-0.4, -0.2) is 19.4 Å². The van der Waals surface area contributed by atoms with Crippen molar-refractivity contribution in [2.45, 2.75) is 31.8 Å². The van der Waals surface area contributed by atoms with Crippen LogP contribution in [0.15, 0.2) is 12.7 Å². The van der Waals surface area contributed by atoms with Gasteiger partial charge in [0.05, 0.1) is 7.11 Å². The average Bonchev–Trinajstić information content (AvgIpc) is 2.66. The minimum Gasteiger partial charge on any atom is -0.438 e. The van der Waals surface area contributed by atoms with E-state index < -0.39 is 6.16 Å². The first kappa shape index (κ1) is 10.1. The molecule has 0 aromatic rings. The first-order valence-electron chi connectivity index (χ1n) is 4.65. The van der Waals surface area contributed by atoms with Crippen LogP contribution in [0.25, 0.3) is 0 Å². The van der Waals surface area contributed by atoms with E-state index >= 15 is 0 Å². The molecular weight excluding hydrogens is 168 g/mol. The molecule has 0 saturated heterocycles. The van der Waals surface area contributed by atoms with Crippen molar-refractivity contribution in [3.05, 3.63) is 12.7 Å². The summed E-state index contributed by atoms with van der Waals surface area (Å²) in [6.45, 7) is 3.66. The second-order valence-corrected chi connectivity index (χ2v) is 3.32. The Hall–Kier alpha value is -0.990. The molecule has 0 N–H and O–H groups in total. The summed E-state index contributed by atoms with van der Waals surface area (Å²) in [5.74, 6) is 0.441. The van der Waals surface area contributed by atoms with E-state index in [2.05, 4.69) is 11.3 Å². The zero-order chi connectivity index (χ0) is 9.68. The Morgan fingerprint density at radius 2 is 2.15 bits per heavy atom.